The monoisotopic (exact) mass is 1100 g/mol. The summed E-state index contributed by atoms with van der Waals surface area (Å²) >= 11 is 0. The molecule has 1 aromatic heterocycles. The molecule has 5 aromatic rings. The summed E-state index contributed by atoms with van der Waals surface area (Å²) in [5, 5.41) is 2.94. The number of amides is 3. The van der Waals surface area contributed by atoms with Crippen molar-refractivity contribution in [3.05, 3.63) is 137 Å². The van der Waals surface area contributed by atoms with Crippen LogP contribution in [0.5, 0.6) is 11.5 Å². The van der Waals surface area contributed by atoms with Crippen LogP contribution in [0.1, 0.15) is 101 Å². The van der Waals surface area contributed by atoms with Gasteiger partial charge in [0.05, 0.1) is 11.3 Å². The van der Waals surface area contributed by atoms with Crippen molar-refractivity contribution in [1.29, 1.82) is 0 Å². The normalized spacial score (nSPS) is 15.7. The van der Waals surface area contributed by atoms with Gasteiger partial charge in [-0.2, -0.15) is 8.42 Å². The van der Waals surface area contributed by atoms with Crippen LogP contribution < -0.4 is 24.6 Å². The van der Waals surface area contributed by atoms with Crippen LogP contribution in [0.3, 0.4) is 0 Å². The SMILES string of the molecule is CCN(CCN(CC)C(=O)C1CCN(C(=O)C(CCCCNS(=O)(=O)c2ccc3c(c2)S(=O)(=O)OC32c3ccc(N(CC)CC)cc3Oc3cc(N(CC)CC)ccc32)NC(=O)Cc2cccnc2)CC1)Cc1ccccc1. The van der Waals surface area contributed by atoms with E-state index in [4.69, 9.17) is 8.92 Å². The van der Waals surface area contributed by atoms with Crippen molar-refractivity contribution < 1.29 is 40.1 Å². The fourth-order valence-electron chi connectivity index (χ4n) is 11.1. The van der Waals surface area contributed by atoms with E-state index in [0.717, 1.165) is 63.3 Å². The highest BCUT2D eigenvalue weighted by atomic mass is 32.2. The molecule has 2 N–H and O–H groups in total. The quantitative estimate of drug-likeness (QED) is 0.0428. The van der Waals surface area contributed by atoms with Gasteiger partial charge >= 0.3 is 0 Å². The van der Waals surface area contributed by atoms with Gasteiger partial charge in [0, 0.05) is 131 Å². The van der Waals surface area contributed by atoms with Crippen molar-refractivity contribution in [2.45, 2.75) is 108 Å². The van der Waals surface area contributed by atoms with Crippen molar-refractivity contribution in [3.8, 4) is 11.5 Å². The number of pyridine rings is 1. The first-order valence-electron chi connectivity index (χ1n) is 27.7. The Bertz CT molecular complexity index is 3050. The lowest BCUT2D eigenvalue weighted by Gasteiger charge is -2.37. The van der Waals surface area contributed by atoms with E-state index in [9.17, 15) is 31.2 Å². The molecule has 1 saturated heterocycles. The maximum absolute atomic E-state index is 14.3. The van der Waals surface area contributed by atoms with E-state index in [2.05, 4.69) is 76.5 Å². The van der Waals surface area contributed by atoms with Gasteiger partial charge in [0.25, 0.3) is 10.1 Å². The molecule has 19 heteroatoms. The van der Waals surface area contributed by atoms with Crippen LogP contribution in [0.25, 0.3) is 0 Å². The minimum atomic E-state index is -4.53. The number of hydrogen-bond acceptors (Lipinski definition) is 13. The third kappa shape index (κ3) is 12.7. The Kier molecular flexibility index (Phi) is 19.0. The average Bonchev–Trinajstić information content (AvgIpc) is 3.96. The Labute approximate surface area is 461 Å². The summed E-state index contributed by atoms with van der Waals surface area (Å²) in [7, 11) is -8.79. The minimum Gasteiger partial charge on any atom is -0.456 e. The van der Waals surface area contributed by atoms with Crippen LogP contribution in [0.15, 0.2) is 119 Å². The molecule has 1 atom stereocenters. The number of hydrogen-bond donors (Lipinski definition) is 2. The lowest BCUT2D eigenvalue weighted by molar-refractivity contribution is -0.142. The van der Waals surface area contributed by atoms with E-state index in [1.807, 2.05) is 66.4 Å². The van der Waals surface area contributed by atoms with Gasteiger partial charge in [0.15, 0.2) is 5.60 Å². The minimum absolute atomic E-state index is 0.0201. The molecule has 1 unspecified atom stereocenters. The number of benzene rings is 4. The Morgan fingerprint density at radius 3 is 1.96 bits per heavy atom. The number of unbranched alkanes of at least 4 members (excludes halogenated alkanes) is 1. The molecule has 418 valence electrons. The fourth-order valence-corrected chi connectivity index (χ4v) is 13.7. The van der Waals surface area contributed by atoms with Crippen LogP contribution >= 0.6 is 0 Å². The lowest BCUT2D eigenvalue weighted by Crippen LogP contribution is -2.52. The Hall–Kier alpha value is -6.38. The topological polar surface area (TPSA) is 191 Å². The Morgan fingerprint density at radius 2 is 1.37 bits per heavy atom. The van der Waals surface area contributed by atoms with E-state index in [0.29, 0.717) is 80.1 Å². The van der Waals surface area contributed by atoms with Gasteiger partial charge in [0.2, 0.25) is 27.7 Å². The molecule has 1 fully saturated rings. The van der Waals surface area contributed by atoms with E-state index in [1.54, 1.807) is 29.4 Å². The number of rotatable bonds is 25. The summed E-state index contributed by atoms with van der Waals surface area (Å²) in [6.45, 7) is 19.6. The molecule has 1 spiro atoms. The summed E-state index contributed by atoms with van der Waals surface area (Å²) in [4.78, 5) is 55.4. The number of nitrogens with one attached hydrogen (secondary N) is 2. The van der Waals surface area contributed by atoms with Gasteiger partial charge in [-0.05, 0) is 127 Å². The second kappa shape index (κ2) is 25.6. The first-order chi connectivity index (χ1) is 37.6. The summed E-state index contributed by atoms with van der Waals surface area (Å²) in [6.07, 6.45) is 5.15. The summed E-state index contributed by atoms with van der Waals surface area (Å²) in [5.74, 6) is 0.127. The second-order valence-corrected chi connectivity index (χ2v) is 23.4. The molecular formula is C59H76N8O9S2. The molecule has 3 amide bonds. The molecule has 4 heterocycles. The third-order valence-corrected chi connectivity index (χ3v) is 18.3. The second-order valence-electron chi connectivity index (χ2n) is 20.1. The molecule has 3 aliphatic heterocycles. The predicted molar refractivity (Wildman–Crippen MR) is 303 cm³/mol. The third-order valence-electron chi connectivity index (χ3n) is 15.5. The standard InChI is InChI=1S/C59H76N8O9S2/c1-7-63(42-43-19-14-13-15-20-43)35-36-66(12-6)57(69)45-29-33-67(34-30-45)58(70)52(62-56(68)37-44-21-18-31-60-41-44)22-16-17-32-61-77(71,72)48-25-28-51-55(40-48)78(73,74)76-59(51)49-26-23-46(64(8-2)9-3)38-53(49)75-54-39-47(24-27-50(54)59)65(10-4)11-5/h13-15,18-21,23-28,31,38-41,45,52,61H,7-12,16-17,22,29-30,32-37,42H2,1-6H3,(H,62,68). The number of fused-ring (bicyclic) bond motifs is 6. The molecule has 4 aromatic carbocycles. The van der Waals surface area contributed by atoms with Gasteiger partial charge in [-0.3, -0.25) is 24.3 Å². The van der Waals surface area contributed by atoms with E-state index in [-0.39, 0.29) is 58.4 Å². The number of nitrogens with zero attached hydrogens (tertiary/aromatic N) is 6. The Morgan fingerprint density at radius 1 is 0.744 bits per heavy atom. The van der Waals surface area contributed by atoms with Gasteiger partial charge in [-0.15, -0.1) is 0 Å². The highest BCUT2D eigenvalue weighted by Gasteiger charge is 2.56. The van der Waals surface area contributed by atoms with Gasteiger partial charge in [-0.1, -0.05) is 49.4 Å². The first kappa shape index (κ1) is 57.8. The predicted octanol–water partition coefficient (Wildman–Crippen LogP) is 7.68. The fraction of sp³-hybridized carbons (Fsp3) is 0.458. The van der Waals surface area contributed by atoms with E-state index >= 15 is 0 Å². The van der Waals surface area contributed by atoms with Crippen LogP contribution in [0, 0.1) is 5.92 Å². The molecule has 0 aliphatic carbocycles. The first-order valence-corrected chi connectivity index (χ1v) is 30.6. The summed E-state index contributed by atoms with van der Waals surface area (Å²) < 4.78 is 72.1. The number of anilines is 2. The van der Waals surface area contributed by atoms with Crippen LogP contribution in [-0.4, -0.2) is 132 Å². The number of ether oxygens (including phenoxy) is 1. The highest BCUT2D eigenvalue weighted by Crippen LogP contribution is 2.59. The molecule has 0 radical (unpaired) electrons. The molecule has 0 saturated carbocycles. The lowest BCUT2D eigenvalue weighted by atomic mass is 9.78. The van der Waals surface area contributed by atoms with Gasteiger partial charge in [0.1, 0.15) is 22.4 Å². The Balaban J connectivity index is 0.934. The average molecular weight is 1110 g/mol. The van der Waals surface area contributed by atoms with Gasteiger partial charge in [-0.25, -0.2) is 17.3 Å². The van der Waals surface area contributed by atoms with E-state index in [1.165, 1.54) is 17.7 Å². The number of sulfonamides is 1. The zero-order valence-electron chi connectivity index (χ0n) is 45.9. The maximum Gasteiger partial charge on any atom is 0.298 e. The number of carbonyl (C=O) groups is 3. The molecular weight excluding hydrogens is 1030 g/mol. The van der Waals surface area contributed by atoms with Crippen LogP contribution in [0.4, 0.5) is 11.4 Å². The zero-order valence-corrected chi connectivity index (χ0v) is 47.6. The molecule has 17 nitrogen and oxygen atoms in total. The summed E-state index contributed by atoms with van der Waals surface area (Å²) in [6, 6.07) is 28.3. The van der Waals surface area contributed by atoms with E-state index < -0.39 is 31.8 Å². The number of piperidine rings is 1. The molecule has 8 rings (SSSR count). The molecule has 78 heavy (non-hydrogen) atoms. The summed E-state index contributed by atoms with van der Waals surface area (Å²) in [5.41, 5.74) is 3.27. The highest BCUT2D eigenvalue weighted by molar-refractivity contribution is 7.89. The number of aromatic nitrogens is 1. The zero-order chi connectivity index (χ0) is 55.6. The molecule has 3 aliphatic rings. The van der Waals surface area contributed by atoms with Crippen molar-refractivity contribution in [2.24, 2.45) is 5.92 Å². The van der Waals surface area contributed by atoms with Crippen LogP contribution in [-0.2, 0) is 57.3 Å². The van der Waals surface area contributed by atoms with Crippen molar-refractivity contribution in [2.75, 3.05) is 81.8 Å². The largest absolute Gasteiger partial charge is 0.456 e. The van der Waals surface area contributed by atoms with Crippen molar-refractivity contribution >= 4 is 49.2 Å². The smallest absolute Gasteiger partial charge is 0.298 e. The number of likely N-dealkylation sites (N-methyl/N-ethyl adjacent to an activating group) is 2. The van der Waals surface area contributed by atoms with Crippen molar-refractivity contribution in [3.63, 3.8) is 0 Å². The maximum atomic E-state index is 14.3. The number of carbonyl (C=O) groups excluding carboxylic acids is 3. The van der Waals surface area contributed by atoms with Crippen LogP contribution in [0.2, 0.25) is 0 Å². The number of likely N-dealkylation sites (tertiary alicyclic amines) is 1. The van der Waals surface area contributed by atoms with Gasteiger partial charge < -0.3 is 29.7 Å². The van der Waals surface area contributed by atoms with Crippen molar-refractivity contribution in [1.82, 2.24) is 29.7 Å². The molecule has 0 bridgehead atoms.